The largest absolute Gasteiger partial charge is 0.456 e. The number of fused-ring (bicyclic) bond motifs is 2. The lowest BCUT2D eigenvalue weighted by molar-refractivity contribution is 0.00706. The molecular formula is C33H29N3O4. The summed E-state index contributed by atoms with van der Waals surface area (Å²) in [5, 5.41) is 13.9. The molecule has 2 heterocycles. The number of nitriles is 1. The Balaban J connectivity index is 1.57. The van der Waals surface area contributed by atoms with Crippen LogP contribution in [0.15, 0.2) is 82.0 Å². The highest BCUT2D eigenvalue weighted by atomic mass is 16.6. The van der Waals surface area contributed by atoms with Crippen LogP contribution in [0.25, 0.3) is 33.2 Å². The molecule has 0 saturated heterocycles. The molecule has 0 aliphatic heterocycles. The fourth-order valence-electron chi connectivity index (χ4n) is 4.67. The van der Waals surface area contributed by atoms with Gasteiger partial charge in [-0.05, 0) is 88.7 Å². The minimum absolute atomic E-state index is 0.152. The number of nitrogens with zero attached hydrogens (tertiary/aromatic N) is 2. The smallest absolute Gasteiger partial charge is 0.340 e. The summed E-state index contributed by atoms with van der Waals surface area (Å²) >= 11 is 0. The number of esters is 1. The summed E-state index contributed by atoms with van der Waals surface area (Å²) in [6.07, 6.45) is 0. The van der Waals surface area contributed by atoms with Crippen LogP contribution in [-0.4, -0.2) is 16.6 Å². The second-order valence-corrected chi connectivity index (χ2v) is 10.8. The highest BCUT2D eigenvalue weighted by molar-refractivity contribution is 5.96. The van der Waals surface area contributed by atoms with E-state index in [-0.39, 0.29) is 11.5 Å². The molecule has 5 rings (SSSR count). The number of rotatable bonds is 5. The van der Waals surface area contributed by atoms with Gasteiger partial charge in [-0.3, -0.25) is 4.79 Å². The van der Waals surface area contributed by atoms with Crippen LogP contribution in [-0.2, 0) is 4.74 Å². The van der Waals surface area contributed by atoms with Crippen molar-refractivity contribution in [1.82, 2.24) is 4.98 Å². The van der Waals surface area contributed by atoms with Crippen molar-refractivity contribution in [3.8, 4) is 17.4 Å². The zero-order valence-corrected chi connectivity index (χ0v) is 23.0. The standard InChI is InChI=1S/C33H29N3O4/c1-19-14-25(20(2)35-28-9-7-6-8-24(28)32(38)40-33(3,4)5)31-26(15-19)29(37)17-30(39-31)22-11-13-27-21(16-22)10-12-23(18-34)36-27/h6-17,20,35H,1-5H3. The van der Waals surface area contributed by atoms with Crippen LogP contribution in [0.4, 0.5) is 5.69 Å². The predicted octanol–water partition coefficient (Wildman–Crippen LogP) is 7.32. The molecule has 0 saturated carbocycles. The Morgan fingerprint density at radius 2 is 1.82 bits per heavy atom. The Kier molecular flexibility index (Phi) is 6.87. The molecule has 1 atom stereocenters. The average Bonchev–Trinajstić information content (AvgIpc) is 2.91. The number of hydrogen-bond acceptors (Lipinski definition) is 7. The molecule has 0 spiro atoms. The summed E-state index contributed by atoms with van der Waals surface area (Å²) in [7, 11) is 0. The molecule has 40 heavy (non-hydrogen) atoms. The first-order chi connectivity index (χ1) is 19.0. The van der Waals surface area contributed by atoms with Gasteiger partial charge in [-0.1, -0.05) is 18.2 Å². The lowest BCUT2D eigenvalue weighted by Gasteiger charge is -2.22. The van der Waals surface area contributed by atoms with Gasteiger partial charge < -0.3 is 14.5 Å². The van der Waals surface area contributed by atoms with Gasteiger partial charge in [0.2, 0.25) is 0 Å². The van der Waals surface area contributed by atoms with E-state index in [1.165, 1.54) is 6.07 Å². The number of aromatic nitrogens is 1. The summed E-state index contributed by atoms with van der Waals surface area (Å²) in [6.45, 7) is 9.39. The second kappa shape index (κ2) is 10.3. The third-order valence-electron chi connectivity index (χ3n) is 6.47. The third-order valence-corrected chi connectivity index (χ3v) is 6.47. The van der Waals surface area contributed by atoms with E-state index in [0.29, 0.717) is 39.2 Å². The van der Waals surface area contributed by atoms with Gasteiger partial charge in [-0.15, -0.1) is 0 Å². The fourth-order valence-corrected chi connectivity index (χ4v) is 4.67. The Morgan fingerprint density at radius 3 is 2.58 bits per heavy atom. The van der Waals surface area contributed by atoms with Crippen molar-refractivity contribution in [2.24, 2.45) is 0 Å². The van der Waals surface area contributed by atoms with Gasteiger partial charge in [0, 0.05) is 28.3 Å². The molecule has 3 aromatic carbocycles. The zero-order valence-electron chi connectivity index (χ0n) is 23.0. The first-order valence-electron chi connectivity index (χ1n) is 13.0. The Bertz CT molecular complexity index is 1880. The molecule has 200 valence electrons. The number of aryl methyl sites for hydroxylation is 1. The summed E-state index contributed by atoms with van der Waals surface area (Å²) in [4.78, 5) is 30.5. The number of hydrogen-bond donors (Lipinski definition) is 1. The number of para-hydroxylation sites is 1. The van der Waals surface area contributed by atoms with Gasteiger partial charge >= 0.3 is 5.97 Å². The third kappa shape index (κ3) is 5.43. The molecule has 7 heteroatoms. The quantitative estimate of drug-likeness (QED) is 0.237. The Hall–Kier alpha value is -4.96. The summed E-state index contributed by atoms with van der Waals surface area (Å²) in [5.41, 5.74) is 4.19. The van der Waals surface area contributed by atoms with Crippen molar-refractivity contribution in [3.05, 3.63) is 105 Å². The van der Waals surface area contributed by atoms with Crippen LogP contribution >= 0.6 is 0 Å². The van der Waals surface area contributed by atoms with E-state index in [0.717, 1.165) is 22.1 Å². The molecule has 0 amide bonds. The average molecular weight is 532 g/mol. The summed E-state index contributed by atoms with van der Waals surface area (Å²) in [5.74, 6) is 0.00798. The van der Waals surface area contributed by atoms with Crippen molar-refractivity contribution >= 4 is 33.5 Å². The molecule has 0 fully saturated rings. The number of anilines is 1. The lowest BCUT2D eigenvalue weighted by atomic mass is 10.00. The number of carbonyl (C=O) groups excluding carboxylic acids is 1. The number of carbonyl (C=O) groups is 1. The summed E-state index contributed by atoms with van der Waals surface area (Å²) in [6, 6.07) is 23.3. The van der Waals surface area contributed by atoms with Crippen molar-refractivity contribution in [3.63, 3.8) is 0 Å². The van der Waals surface area contributed by atoms with Crippen LogP contribution < -0.4 is 10.7 Å². The number of pyridine rings is 1. The van der Waals surface area contributed by atoms with Crippen LogP contribution in [0.1, 0.15) is 60.9 Å². The maximum absolute atomic E-state index is 13.3. The number of benzene rings is 3. The molecule has 7 nitrogen and oxygen atoms in total. The Morgan fingerprint density at radius 1 is 1.05 bits per heavy atom. The highest BCUT2D eigenvalue weighted by Crippen LogP contribution is 2.32. The maximum Gasteiger partial charge on any atom is 0.340 e. The first-order valence-corrected chi connectivity index (χ1v) is 13.0. The van der Waals surface area contributed by atoms with Gasteiger partial charge in [-0.2, -0.15) is 5.26 Å². The van der Waals surface area contributed by atoms with E-state index < -0.39 is 11.6 Å². The molecule has 1 N–H and O–H groups in total. The van der Waals surface area contributed by atoms with Crippen LogP contribution in [0.2, 0.25) is 0 Å². The summed E-state index contributed by atoms with van der Waals surface area (Å²) < 4.78 is 12.0. The lowest BCUT2D eigenvalue weighted by Crippen LogP contribution is -2.24. The van der Waals surface area contributed by atoms with Crippen molar-refractivity contribution in [2.75, 3.05) is 5.32 Å². The van der Waals surface area contributed by atoms with Crippen molar-refractivity contribution in [2.45, 2.75) is 46.3 Å². The molecule has 0 aliphatic carbocycles. The van der Waals surface area contributed by atoms with E-state index in [2.05, 4.69) is 10.3 Å². The molecule has 1 unspecified atom stereocenters. The van der Waals surface area contributed by atoms with Gasteiger partial charge in [0.05, 0.1) is 22.5 Å². The number of nitrogens with one attached hydrogen (secondary N) is 1. The molecule has 5 aromatic rings. The van der Waals surface area contributed by atoms with Gasteiger partial charge in [0.25, 0.3) is 0 Å². The monoisotopic (exact) mass is 531 g/mol. The molecule has 0 bridgehead atoms. The molecule has 2 aromatic heterocycles. The molecule has 0 radical (unpaired) electrons. The molecular weight excluding hydrogens is 502 g/mol. The highest BCUT2D eigenvalue weighted by Gasteiger charge is 2.22. The molecule has 0 aliphatic rings. The minimum Gasteiger partial charge on any atom is -0.456 e. The van der Waals surface area contributed by atoms with E-state index >= 15 is 0 Å². The zero-order chi connectivity index (χ0) is 28.6. The predicted molar refractivity (Wildman–Crippen MR) is 156 cm³/mol. The first kappa shape index (κ1) is 26.6. The topological polar surface area (TPSA) is 105 Å². The van der Waals surface area contributed by atoms with Crippen LogP contribution in [0, 0.1) is 18.3 Å². The van der Waals surface area contributed by atoms with E-state index in [9.17, 15) is 9.59 Å². The minimum atomic E-state index is -0.626. The van der Waals surface area contributed by atoms with Crippen molar-refractivity contribution in [1.29, 1.82) is 5.26 Å². The van der Waals surface area contributed by atoms with Gasteiger partial charge in [0.1, 0.15) is 28.7 Å². The normalized spacial score (nSPS) is 12.2. The van der Waals surface area contributed by atoms with Gasteiger partial charge in [0.15, 0.2) is 5.43 Å². The van der Waals surface area contributed by atoms with E-state index in [4.69, 9.17) is 14.4 Å². The van der Waals surface area contributed by atoms with Crippen LogP contribution in [0.3, 0.4) is 0 Å². The second-order valence-electron chi connectivity index (χ2n) is 10.8. The number of ether oxygens (including phenoxy) is 1. The van der Waals surface area contributed by atoms with E-state index in [1.54, 1.807) is 18.2 Å². The van der Waals surface area contributed by atoms with E-state index in [1.807, 2.05) is 89.2 Å². The maximum atomic E-state index is 13.3. The fraction of sp³-hybridized carbons (Fsp3) is 0.212. The van der Waals surface area contributed by atoms with Crippen LogP contribution in [0.5, 0.6) is 0 Å². The van der Waals surface area contributed by atoms with Gasteiger partial charge in [-0.25, -0.2) is 9.78 Å². The Labute approximate surface area is 232 Å². The van der Waals surface area contributed by atoms with Crippen molar-refractivity contribution < 1.29 is 13.9 Å². The SMILES string of the molecule is Cc1cc(C(C)Nc2ccccc2C(=O)OC(C)(C)C)c2oc(-c3ccc4nc(C#N)ccc4c3)cc(=O)c2c1.